The Morgan fingerprint density at radius 1 is 1.35 bits per heavy atom. The Labute approximate surface area is 199 Å². The number of aryl methyl sites for hydroxylation is 3. The Kier molecular flexibility index (Phi) is 8.44. The maximum atomic E-state index is 13.3. The van der Waals surface area contributed by atoms with Gasteiger partial charge in [-0.25, -0.2) is 13.1 Å². The van der Waals surface area contributed by atoms with Crippen LogP contribution in [0.3, 0.4) is 0 Å². The van der Waals surface area contributed by atoms with E-state index in [4.69, 9.17) is 9.26 Å². The lowest BCUT2D eigenvalue weighted by molar-refractivity contribution is -0.136. The minimum atomic E-state index is -3.88. The van der Waals surface area contributed by atoms with Gasteiger partial charge in [0.25, 0.3) is 0 Å². The number of hydrogen-bond donors (Lipinski definition) is 1. The molecule has 1 N–H and O–H groups in total. The molecule has 0 fully saturated rings. The summed E-state index contributed by atoms with van der Waals surface area (Å²) in [5, 5.41) is 21.5. The topological polar surface area (TPSA) is 144 Å². The molecule has 3 atom stereocenters. The number of ether oxygens (including phenoxy) is 1. The van der Waals surface area contributed by atoms with Gasteiger partial charge < -0.3 is 19.3 Å². The molecular formula is C21H34N6O6S. The first-order valence-electron chi connectivity index (χ1n) is 11.3. The molecule has 0 aromatic carbocycles. The van der Waals surface area contributed by atoms with Crippen LogP contribution in [0.5, 0.6) is 0 Å². The van der Waals surface area contributed by atoms with Crippen LogP contribution in [0.15, 0.2) is 15.6 Å². The summed E-state index contributed by atoms with van der Waals surface area (Å²) in [6.07, 6.45) is 1.95. The highest BCUT2D eigenvalue weighted by Gasteiger charge is 2.33. The van der Waals surface area contributed by atoms with Crippen LogP contribution >= 0.6 is 0 Å². The molecule has 1 aliphatic rings. The number of aliphatic hydroxyl groups excluding tert-OH is 1. The zero-order chi connectivity index (χ0) is 25.0. The predicted octanol–water partition coefficient (Wildman–Crippen LogP) is 0.728. The second-order valence-electron chi connectivity index (χ2n) is 8.90. The van der Waals surface area contributed by atoms with Crippen LogP contribution in [-0.4, -0.2) is 87.7 Å². The molecule has 1 aliphatic heterocycles. The number of amides is 1. The Bertz CT molecular complexity index is 1060. The van der Waals surface area contributed by atoms with Gasteiger partial charge in [0.05, 0.1) is 37.3 Å². The molecule has 0 aliphatic carbocycles. The summed E-state index contributed by atoms with van der Waals surface area (Å²) in [4.78, 5) is 14.6. The molecule has 2 aromatic heterocycles. The van der Waals surface area contributed by atoms with Crippen molar-refractivity contribution in [2.45, 2.75) is 70.7 Å². The summed E-state index contributed by atoms with van der Waals surface area (Å²) in [6, 6.07) is -0.371. The lowest BCUT2D eigenvalue weighted by Crippen LogP contribution is -2.48. The molecule has 3 rings (SSSR count). The van der Waals surface area contributed by atoms with E-state index in [1.165, 1.54) is 11.4 Å². The molecule has 1 amide bonds. The minimum Gasteiger partial charge on any atom is -0.394 e. The number of aromatic nitrogens is 4. The molecule has 2 aromatic rings. The summed E-state index contributed by atoms with van der Waals surface area (Å²) in [5.74, 6) is -0.0874. The third-order valence-corrected chi connectivity index (χ3v) is 8.28. The van der Waals surface area contributed by atoms with Gasteiger partial charge in [-0.15, -0.1) is 5.10 Å². The van der Waals surface area contributed by atoms with E-state index >= 15 is 0 Å². The van der Waals surface area contributed by atoms with Gasteiger partial charge in [-0.2, -0.15) is 4.31 Å². The first-order valence-corrected chi connectivity index (χ1v) is 12.8. The summed E-state index contributed by atoms with van der Waals surface area (Å²) >= 11 is 0. The van der Waals surface area contributed by atoms with Crippen LogP contribution in [-0.2, 0) is 32.7 Å². The number of likely N-dealkylation sites (N-methyl/N-ethyl adjacent to an activating group) is 1. The molecule has 0 bridgehead atoms. The van der Waals surface area contributed by atoms with Gasteiger partial charge in [0, 0.05) is 39.0 Å². The molecule has 34 heavy (non-hydrogen) atoms. The summed E-state index contributed by atoms with van der Waals surface area (Å²) in [5.41, 5.74) is 1.04. The fraction of sp³-hybridized carbons (Fsp3) is 0.714. The van der Waals surface area contributed by atoms with Crippen LogP contribution in [0.2, 0.25) is 0 Å². The average Bonchev–Trinajstić information content (AvgIpc) is 3.38. The molecular weight excluding hydrogens is 464 g/mol. The number of rotatable bonds is 6. The van der Waals surface area contributed by atoms with E-state index in [-0.39, 0.29) is 48.3 Å². The molecule has 0 unspecified atom stereocenters. The average molecular weight is 499 g/mol. The number of fused-ring (bicyclic) bond motifs is 1. The van der Waals surface area contributed by atoms with Crippen molar-refractivity contribution in [1.82, 2.24) is 29.4 Å². The number of hydrogen-bond acceptors (Lipinski definition) is 9. The van der Waals surface area contributed by atoms with Gasteiger partial charge in [-0.1, -0.05) is 17.3 Å². The molecule has 190 valence electrons. The summed E-state index contributed by atoms with van der Waals surface area (Å²) in [6.45, 7) is 7.74. The number of nitrogens with zero attached hydrogens (tertiary/aromatic N) is 6. The lowest BCUT2D eigenvalue weighted by atomic mass is 10.0. The smallest absolute Gasteiger partial charge is 0.248 e. The number of carbonyl (C=O) groups is 1. The highest BCUT2D eigenvalue weighted by atomic mass is 32.2. The highest BCUT2D eigenvalue weighted by molar-refractivity contribution is 7.89. The van der Waals surface area contributed by atoms with Crippen molar-refractivity contribution in [1.29, 1.82) is 0 Å². The molecule has 0 radical (unpaired) electrons. The van der Waals surface area contributed by atoms with Crippen LogP contribution in [0.4, 0.5) is 0 Å². The molecule has 3 heterocycles. The molecule has 0 saturated carbocycles. The maximum Gasteiger partial charge on any atom is 0.248 e. The number of carbonyl (C=O) groups excluding carboxylic acids is 1. The van der Waals surface area contributed by atoms with Crippen molar-refractivity contribution >= 4 is 15.9 Å². The standard InChI is InChI=1S/C21H34N6O6S/c1-14-10-26(15(2)12-28)20(29)7-6-8-27-18(9-22-24-27)13-32-19(14)11-25(5)34(30,31)21-16(3)23-33-17(21)4/h9,14-15,19,28H,6-8,10-13H2,1-5H3/t14-,15+,19-/m0/s1. The quantitative estimate of drug-likeness (QED) is 0.609. The zero-order valence-corrected chi connectivity index (χ0v) is 21.2. The van der Waals surface area contributed by atoms with E-state index < -0.39 is 16.1 Å². The van der Waals surface area contributed by atoms with Crippen molar-refractivity contribution in [2.75, 3.05) is 26.7 Å². The van der Waals surface area contributed by atoms with E-state index in [0.717, 1.165) is 5.69 Å². The van der Waals surface area contributed by atoms with Crippen LogP contribution in [0, 0.1) is 19.8 Å². The number of sulfonamides is 1. The third kappa shape index (κ3) is 5.65. The second kappa shape index (κ2) is 10.9. The van der Waals surface area contributed by atoms with Crippen LogP contribution in [0.1, 0.15) is 43.8 Å². The Morgan fingerprint density at radius 2 is 2.09 bits per heavy atom. The summed E-state index contributed by atoms with van der Waals surface area (Å²) < 4.78 is 40.7. The predicted molar refractivity (Wildman–Crippen MR) is 121 cm³/mol. The molecule has 13 heteroatoms. The zero-order valence-electron chi connectivity index (χ0n) is 20.3. The van der Waals surface area contributed by atoms with Crippen molar-refractivity contribution in [3.8, 4) is 0 Å². The third-order valence-electron chi connectivity index (χ3n) is 6.21. The Morgan fingerprint density at radius 3 is 2.74 bits per heavy atom. The van der Waals surface area contributed by atoms with Gasteiger partial charge in [0.15, 0.2) is 5.76 Å². The van der Waals surface area contributed by atoms with Crippen molar-refractivity contribution in [3.63, 3.8) is 0 Å². The Hall–Kier alpha value is -2.35. The van der Waals surface area contributed by atoms with Gasteiger partial charge >= 0.3 is 0 Å². The normalized spacial score (nSPS) is 21.7. The fourth-order valence-electron chi connectivity index (χ4n) is 4.10. The SMILES string of the molecule is Cc1noc(C)c1S(=O)(=O)N(C)C[C@@H]1OCc2cnnn2CCCC(=O)N([C@H](C)CO)C[C@@H]1C. The van der Waals surface area contributed by atoms with E-state index in [1.807, 2.05) is 6.92 Å². The van der Waals surface area contributed by atoms with Crippen LogP contribution in [0.25, 0.3) is 0 Å². The van der Waals surface area contributed by atoms with Crippen LogP contribution < -0.4 is 0 Å². The molecule has 0 saturated heterocycles. The number of aliphatic hydroxyl groups is 1. The van der Waals surface area contributed by atoms with E-state index in [0.29, 0.717) is 31.6 Å². The van der Waals surface area contributed by atoms with Crippen molar-refractivity contribution in [2.24, 2.45) is 5.92 Å². The van der Waals surface area contributed by atoms with Crippen molar-refractivity contribution < 1.29 is 27.6 Å². The fourth-order valence-corrected chi connectivity index (χ4v) is 5.56. The lowest BCUT2D eigenvalue weighted by Gasteiger charge is -2.35. The van der Waals surface area contributed by atoms with Gasteiger partial charge in [-0.3, -0.25) is 4.79 Å². The van der Waals surface area contributed by atoms with Gasteiger partial charge in [0.2, 0.25) is 15.9 Å². The largest absolute Gasteiger partial charge is 0.394 e. The minimum absolute atomic E-state index is 0.0452. The first kappa shape index (κ1) is 26.3. The van der Waals surface area contributed by atoms with Gasteiger partial charge in [-0.05, 0) is 27.2 Å². The van der Waals surface area contributed by atoms with Crippen molar-refractivity contribution in [3.05, 3.63) is 23.3 Å². The first-order chi connectivity index (χ1) is 16.1. The highest BCUT2D eigenvalue weighted by Crippen LogP contribution is 2.24. The molecule has 0 spiro atoms. The monoisotopic (exact) mass is 498 g/mol. The van der Waals surface area contributed by atoms with E-state index in [2.05, 4.69) is 15.5 Å². The Balaban J connectivity index is 1.89. The van der Waals surface area contributed by atoms with Gasteiger partial charge in [0.1, 0.15) is 10.6 Å². The van der Waals surface area contributed by atoms with E-state index in [1.54, 1.807) is 36.5 Å². The summed E-state index contributed by atoms with van der Waals surface area (Å²) in [7, 11) is -2.39. The maximum absolute atomic E-state index is 13.3. The second-order valence-corrected chi connectivity index (χ2v) is 10.9. The van der Waals surface area contributed by atoms with E-state index in [9.17, 15) is 18.3 Å². The molecule has 12 nitrogen and oxygen atoms in total.